The van der Waals surface area contributed by atoms with Crippen molar-refractivity contribution in [2.45, 2.75) is 26.7 Å². The number of aryl methyl sites for hydroxylation is 1. The average molecular weight is 290 g/mol. The largest absolute Gasteiger partial charge is 0.387 e. The first-order chi connectivity index (χ1) is 7.04. The Bertz CT molecular complexity index is 388. The zero-order valence-corrected chi connectivity index (χ0v) is 11.2. The summed E-state index contributed by atoms with van der Waals surface area (Å²) in [7, 11) is 0. The molecule has 0 aliphatic heterocycles. The molecule has 2 N–H and O–H groups in total. The van der Waals surface area contributed by atoms with Gasteiger partial charge in [-0.15, -0.1) is 0 Å². The highest BCUT2D eigenvalue weighted by molar-refractivity contribution is 9.10. The summed E-state index contributed by atoms with van der Waals surface area (Å²) in [4.78, 5) is 4.31. The second-order valence-corrected chi connectivity index (χ2v) is 4.67. The molecular formula is C11H14BrClN2. The first kappa shape index (κ1) is 12.5. The van der Waals surface area contributed by atoms with Crippen molar-refractivity contribution in [1.82, 2.24) is 0 Å². The quantitative estimate of drug-likeness (QED) is 0.657. The lowest BCUT2D eigenvalue weighted by atomic mass is 10.2. The Hall–Kier alpha value is -0.540. The monoisotopic (exact) mass is 288 g/mol. The van der Waals surface area contributed by atoms with Crippen LogP contribution in [-0.4, -0.2) is 5.84 Å². The second-order valence-electron chi connectivity index (χ2n) is 3.41. The van der Waals surface area contributed by atoms with Crippen LogP contribution in [0.2, 0.25) is 5.02 Å². The van der Waals surface area contributed by atoms with Crippen LogP contribution in [0.5, 0.6) is 0 Å². The number of nitrogens with zero attached hydrogens (tertiary/aromatic N) is 1. The summed E-state index contributed by atoms with van der Waals surface area (Å²) in [6.45, 7) is 4.02. The van der Waals surface area contributed by atoms with E-state index in [2.05, 4.69) is 27.8 Å². The average Bonchev–Trinajstić information content (AvgIpc) is 2.14. The summed E-state index contributed by atoms with van der Waals surface area (Å²) in [5.41, 5.74) is 7.57. The normalized spacial score (nSPS) is 11.9. The minimum atomic E-state index is 0.637. The van der Waals surface area contributed by atoms with E-state index >= 15 is 0 Å². The molecular weight excluding hydrogens is 275 g/mol. The lowest BCUT2D eigenvalue weighted by Gasteiger charge is -2.04. The summed E-state index contributed by atoms with van der Waals surface area (Å²) in [6.07, 6.45) is 1.80. The highest BCUT2D eigenvalue weighted by Crippen LogP contribution is 2.31. The molecule has 0 saturated heterocycles. The van der Waals surface area contributed by atoms with Crippen LogP contribution in [-0.2, 0) is 0 Å². The first-order valence-corrected chi connectivity index (χ1v) is 6.00. The number of halogens is 2. The fourth-order valence-electron chi connectivity index (χ4n) is 1.19. The number of amidine groups is 1. The van der Waals surface area contributed by atoms with Crippen LogP contribution in [0.1, 0.15) is 25.3 Å². The number of benzene rings is 1. The van der Waals surface area contributed by atoms with Gasteiger partial charge in [-0.2, -0.15) is 0 Å². The summed E-state index contributed by atoms with van der Waals surface area (Å²) >= 11 is 9.45. The van der Waals surface area contributed by atoms with Gasteiger partial charge in [0, 0.05) is 15.9 Å². The van der Waals surface area contributed by atoms with Gasteiger partial charge in [-0.1, -0.05) is 18.5 Å². The van der Waals surface area contributed by atoms with E-state index in [0.717, 1.165) is 28.6 Å². The molecule has 0 atom stereocenters. The maximum absolute atomic E-state index is 6.02. The minimum absolute atomic E-state index is 0.637. The third-order valence-corrected chi connectivity index (χ3v) is 3.04. The number of aliphatic imine (C=N–C) groups is 1. The fourth-order valence-corrected chi connectivity index (χ4v) is 1.89. The predicted octanol–water partition coefficient (Wildman–Crippen LogP) is 4.20. The van der Waals surface area contributed by atoms with E-state index in [1.54, 1.807) is 0 Å². The zero-order valence-electron chi connectivity index (χ0n) is 8.85. The van der Waals surface area contributed by atoms with Gasteiger partial charge in [0.15, 0.2) is 0 Å². The van der Waals surface area contributed by atoms with Crippen molar-refractivity contribution in [2.24, 2.45) is 10.7 Å². The highest BCUT2D eigenvalue weighted by atomic mass is 79.9. The van der Waals surface area contributed by atoms with Crippen LogP contribution in [0.15, 0.2) is 21.6 Å². The van der Waals surface area contributed by atoms with Gasteiger partial charge in [0.05, 0.1) is 11.5 Å². The second kappa shape index (κ2) is 5.52. The lowest BCUT2D eigenvalue weighted by molar-refractivity contribution is 0.983. The molecule has 0 bridgehead atoms. The Kier molecular flexibility index (Phi) is 4.61. The summed E-state index contributed by atoms with van der Waals surface area (Å²) in [6, 6.07) is 3.77. The Morgan fingerprint density at radius 3 is 2.80 bits per heavy atom. The molecule has 1 aromatic carbocycles. The molecule has 82 valence electrons. The van der Waals surface area contributed by atoms with Gasteiger partial charge >= 0.3 is 0 Å². The Morgan fingerprint density at radius 2 is 2.20 bits per heavy atom. The summed E-state index contributed by atoms with van der Waals surface area (Å²) in [5, 5.41) is 0.709. The van der Waals surface area contributed by atoms with Crippen LogP contribution in [0.4, 0.5) is 5.69 Å². The molecule has 4 heteroatoms. The summed E-state index contributed by atoms with van der Waals surface area (Å²) < 4.78 is 0.920. The van der Waals surface area contributed by atoms with Gasteiger partial charge < -0.3 is 5.73 Å². The maximum Gasteiger partial charge on any atom is 0.0996 e. The van der Waals surface area contributed by atoms with E-state index in [9.17, 15) is 0 Å². The molecule has 0 amide bonds. The molecule has 0 saturated carbocycles. The number of rotatable bonds is 3. The molecule has 15 heavy (non-hydrogen) atoms. The molecule has 1 rings (SSSR count). The van der Waals surface area contributed by atoms with E-state index in [4.69, 9.17) is 17.3 Å². The van der Waals surface area contributed by atoms with Crippen molar-refractivity contribution < 1.29 is 0 Å². The van der Waals surface area contributed by atoms with Crippen LogP contribution < -0.4 is 5.73 Å². The van der Waals surface area contributed by atoms with Crippen LogP contribution in [0.3, 0.4) is 0 Å². The third-order valence-electron chi connectivity index (χ3n) is 2.00. The van der Waals surface area contributed by atoms with E-state index in [-0.39, 0.29) is 0 Å². The fraction of sp³-hybridized carbons (Fsp3) is 0.364. The number of hydrogen-bond donors (Lipinski definition) is 1. The molecule has 0 fully saturated rings. The SMILES string of the molecule is CCCC(N)=Nc1cc(Cl)c(C)cc1Br. The molecule has 1 aromatic rings. The molecule has 0 spiro atoms. The van der Waals surface area contributed by atoms with E-state index in [1.165, 1.54) is 0 Å². The molecule has 0 aliphatic carbocycles. The predicted molar refractivity (Wildman–Crippen MR) is 70.1 cm³/mol. The first-order valence-electron chi connectivity index (χ1n) is 4.83. The van der Waals surface area contributed by atoms with Crippen LogP contribution >= 0.6 is 27.5 Å². The van der Waals surface area contributed by atoms with Crippen LogP contribution in [0.25, 0.3) is 0 Å². The number of nitrogens with two attached hydrogens (primary N) is 1. The Labute approximate surface area is 104 Å². The zero-order chi connectivity index (χ0) is 11.4. The Balaban J connectivity index is 3.05. The smallest absolute Gasteiger partial charge is 0.0996 e. The number of hydrogen-bond acceptors (Lipinski definition) is 1. The van der Waals surface area contributed by atoms with Crippen molar-refractivity contribution in [3.05, 3.63) is 27.2 Å². The summed E-state index contributed by atoms with van der Waals surface area (Å²) in [5.74, 6) is 0.637. The van der Waals surface area contributed by atoms with Crippen LogP contribution in [0, 0.1) is 6.92 Å². The van der Waals surface area contributed by atoms with Gasteiger partial charge in [-0.3, -0.25) is 0 Å². The topological polar surface area (TPSA) is 38.4 Å². The lowest BCUT2D eigenvalue weighted by Crippen LogP contribution is -2.09. The Morgan fingerprint density at radius 1 is 1.53 bits per heavy atom. The highest BCUT2D eigenvalue weighted by Gasteiger charge is 2.03. The molecule has 0 unspecified atom stereocenters. The van der Waals surface area contributed by atoms with Crippen molar-refractivity contribution in [2.75, 3.05) is 0 Å². The van der Waals surface area contributed by atoms with Gasteiger partial charge in [-0.05, 0) is 47.0 Å². The molecule has 0 aliphatic rings. The van der Waals surface area contributed by atoms with Crippen molar-refractivity contribution >= 4 is 39.1 Å². The molecule has 0 radical (unpaired) electrons. The van der Waals surface area contributed by atoms with E-state index in [0.29, 0.717) is 10.9 Å². The van der Waals surface area contributed by atoms with E-state index in [1.807, 2.05) is 19.1 Å². The standard InChI is InChI=1S/C11H14BrClN2/c1-3-4-11(14)15-10-6-9(13)7(2)5-8(10)12/h5-6H,3-4H2,1-2H3,(H2,14,15). The minimum Gasteiger partial charge on any atom is -0.387 e. The van der Waals surface area contributed by atoms with Gasteiger partial charge in [0.2, 0.25) is 0 Å². The maximum atomic E-state index is 6.02. The van der Waals surface area contributed by atoms with Gasteiger partial charge in [0.25, 0.3) is 0 Å². The third kappa shape index (κ3) is 3.50. The molecule has 0 heterocycles. The van der Waals surface area contributed by atoms with E-state index < -0.39 is 0 Å². The van der Waals surface area contributed by atoms with Crippen molar-refractivity contribution in [3.63, 3.8) is 0 Å². The molecule has 2 nitrogen and oxygen atoms in total. The van der Waals surface area contributed by atoms with Gasteiger partial charge in [0.1, 0.15) is 0 Å². The van der Waals surface area contributed by atoms with Crippen molar-refractivity contribution in [3.8, 4) is 0 Å². The molecule has 0 aromatic heterocycles. The van der Waals surface area contributed by atoms with Gasteiger partial charge in [-0.25, -0.2) is 4.99 Å². The van der Waals surface area contributed by atoms with Crippen molar-refractivity contribution in [1.29, 1.82) is 0 Å².